The molecule has 0 N–H and O–H groups in total. The first-order chi connectivity index (χ1) is 18.5. The van der Waals surface area contributed by atoms with Gasteiger partial charge in [-0.05, 0) is 46.0 Å². The highest BCUT2D eigenvalue weighted by Crippen LogP contribution is 2.38. The van der Waals surface area contributed by atoms with Crippen molar-refractivity contribution < 1.29 is 9.59 Å². The van der Waals surface area contributed by atoms with Crippen LogP contribution < -0.4 is 0 Å². The minimum atomic E-state index is -0.460. The fourth-order valence-electron chi connectivity index (χ4n) is 5.46. The van der Waals surface area contributed by atoms with Gasteiger partial charge in [-0.3, -0.25) is 9.59 Å². The Bertz CT molecular complexity index is 1310. The van der Waals surface area contributed by atoms with Crippen molar-refractivity contribution in [1.29, 1.82) is 0 Å². The molecular formula is C33H34N2O2S. The molecule has 0 saturated heterocycles. The molecule has 1 unspecified atom stereocenters. The molecular weight excluding hydrogens is 488 g/mol. The first-order valence-corrected chi connectivity index (χ1v) is 14.2. The quantitative estimate of drug-likeness (QED) is 0.264. The maximum atomic E-state index is 14.3. The minimum Gasteiger partial charge on any atom is -0.332 e. The van der Waals surface area contributed by atoms with Crippen LogP contribution in [0.3, 0.4) is 0 Å². The predicted molar refractivity (Wildman–Crippen MR) is 154 cm³/mol. The van der Waals surface area contributed by atoms with Gasteiger partial charge in [0.2, 0.25) is 11.8 Å². The molecule has 0 bridgehead atoms. The third kappa shape index (κ3) is 5.58. The molecule has 1 atom stereocenters. The van der Waals surface area contributed by atoms with Gasteiger partial charge in [0.25, 0.3) is 0 Å². The van der Waals surface area contributed by atoms with Crippen molar-refractivity contribution in [2.24, 2.45) is 5.92 Å². The highest BCUT2D eigenvalue weighted by atomic mass is 32.1. The zero-order chi connectivity index (χ0) is 26.5. The van der Waals surface area contributed by atoms with E-state index < -0.39 is 5.92 Å². The summed E-state index contributed by atoms with van der Waals surface area (Å²) in [4.78, 5) is 33.4. The number of benzene rings is 3. The number of thiophene rings is 1. The molecule has 4 aromatic rings. The smallest absolute Gasteiger partial charge is 0.242 e. The van der Waals surface area contributed by atoms with Crippen molar-refractivity contribution in [2.75, 3.05) is 19.6 Å². The van der Waals surface area contributed by atoms with Crippen molar-refractivity contribution in [3.63, 3.8) is 0 Å². The summed E-state index contributed by atoms with van der Waals surface area (Å²) in [5.41, 5.74) is 4.18. The predicted octanol–water partition coefficient (Wildman–Crippen LogP) is 6.54. The van der Waals surface area contributed by atoms with E-state index in [4.69, 9.17) is 0 Å². The van der Waals surface area contributed by atoms with Gasteiger partial charge >= 0.3 is 0 Å². The summed E-state index contributed by atoms with van der Waals surface area (Å²) in [6, 6.07) is 32.0. The van der Waals surface area contributed by atoms with Gasteiger partial charge in [-0.25, -0.2) is 0 Å². The summed E-state index contributed by atoms with van der Waals surface area (Å²) in [5.74, 6) is -0.272. The van der Waals surface area contributed by atoms with Crippen LogP contribution in [0.15, 0.2) is 102 Å². The van der Waals surface area contributed by atoms with Crippen molar-refractivity contribution >= 4 is 23.2 Å². The van der Waals surface area contributed by atoms with Gasteiger partial charge in [0, 0.05) is 18.0 Å². The van der Waals surface area contributed by atoms with Gasteiger partial charge in [-0.2, -0.15) is 0 Å². The Labute approximate surface area is 229 Å². The number of nitrogens with zero attached hydrogens (tertiary/aromatic N) is 2. The molecule has 1 aliphatic rings. The first kappa shape index (κ1) is 25.9. The van der Waals surface area contributed by atoms with E-state index in [0.29, 0.717) is 13.1 Å². The van der Waals surface area contributed by atoms with Gasteiger partial charge in [-0.15, -0.1) is 11.3 Å². The normalized spacial score (nSPS) is 14.9. The lowest BCUT2D eigenvalue weighted by atomic mass is 9.89. The standard InChI is InChI=1S/C33H34N2O2S/c1-24(2)22-34(33(37)31(25-12-6-3-7-13-25)26-14-8-4-9-15-26)23-30(36)35-20-18-29-28(19-21-38-29)32(35)27-16-10-5-11-17-27/h3-17,19,21,24,31-32H,18,20,22-23H2,1-2H3. The molecule has 194 valence electrons. The summed E-state index contributed by atoms with van der Waals surface area (Å²) < 4.78 is 0. The molecule has 0 spiro atoms. The lowest BCUT2D eigenvalue weighted by molar-refractivity contribution is -0.142. The van der Waals surface area contributed by atoms with Gasteiger partial charge in [0.05, 0.1) is 18.5 Å². The number of rotatable bonds is 8. The summed E-state index contributed by atoms with van der Waals surface area (Å²) in [6.45, 7) is 5.42. The van der Waals surface area contributed by atoms with Crippen molar-refractivity contribution in [1.82, 2.24) is 9.80 Å². The van der Waals surface area contributed by atoms with Gasteiger partial charge in [0.15, 0.2) is 0 Å². The molecule has 1 aromatic heterocycles. The van der Waals surface area contributed by atoms with Crippen molar-refractivity contribution in [2.45, 2.75) is 32.2 Å². The van der Waals surface area contributed by atoms with E-state index in [1.165, 1.54) is 10.4 Å². The lowest BCUT2D eigenvalue weighted by Crippen LogP contribution is -2.48. The topological polar surface area (TPSA) is 40.6 Å². The molecule has 4 nitrogen and oxygen atoms in total. The maximum Gasteiger partial charge on any atom is 0.242 e. The summed E-state index contributed by atoms with van der Waals surface area (Å²) in [7, 11) is 0. The second-order valence-electron chi connectivity index (χ2n) is 10.3. The van der Waals surface area contributed by atoms with Gasteiger partial charge in [-0.1, -0.05) is 105 Å². The molecule has 5 rings (SSSR count). The van der Waals surface area contributed by atoms with E-state index in [9.17, 15) is 9.59 Å². The molecule has 0 fully saturated rings. The largest absolute Gasteiger partial charge is 0.332 e. The molecule has 3 aromatic carbocycles. The molecule has 0 saturated carbocycles. The van der Waals surface area contributed by atoms with Crippen LogP contribution in [0.1, 0.15) is 52.9 Å². The Balaban J connectivity index is 1.46. The summed E-state index contributed by atoms with van der Waals surface area (Å²) in [5, 5.41) is 2.12. The average Bonchev–Trinajstić information content (AvgIpc) is 3.43. The Morgan fingerprint density at radius 1 is 0.868 bits per heavy atom. The van der Waals surface area contributed by atoms with Crippen LogP contribution in [0, 0.1) is 5.92 Å². The van der Waals surface area contributed by atoms with E-state index in [1.54, 1.807) is 16.2 Å². The highest BCUT2D eigenvalue weighted by Gasteiger charge is 2.35. The first-order valence-electron chi connectivity index (χ1n) is 13.3. The van der Waals surface area contributed by atoms with E-state index in [2.05, 4.69) is 37.4 Å². The molecule has 0 radical (unpaired) electrons. The second-order valence-corrected chi connectivity index (χ2v) is 11.3. The Kier molecular flexibility index (Phi) is 8.04. The highest BCUT2D eigenvalue weighted by molar-refractivity contribution is 7.10. The van der Waals surface area contributed by atoms with Crippen LogP contribution in [0.4, 0.5) is 0 Å². The Hall–Kier alpha value is -3.70. The number of fused-ring (bicyclic) bond motifs is 1. The summed E-state index contributed by atoms with van der Waals surface area (Å²) >= 11 is 1.76. The molecule has 5 heteroatoms. The van der Waals surface area contributed by atoms with Crippen molar-refractivity contribution in [3.8, 4) is 0 Å². The molecule has 0 aliphatic carbocycles. The Morgan fingerprint density at radius 3 is 2.03 bits per heavy atom. The third-order valence-corrected chi connectivity index (χ3v) is 8.13. The number of hydrogen-bond donors (Lipinski definition) is 0. The third-order valence-electron chi connectivity index (χ3n) is 7.14. The zero-order valence-electron chi connectivity index (χ0n) is 22.0. The van der Waals surface area contributed by atoms with E-state index in [0.717, 1.165) is 23.1 Å². The van der Waals surface area contributed by atoms with Gasteiger partial charge in [0.1, 0.15) is 0 Å². The Morgan fingerprint density at radius 2 is 1.45 bits per heavy atom. The van der Waals surface area contributed by atoms with Crippen LogP contribution >= 0.6 is 11.3 Å². The fraction of sp³-hybridized carbons (Fsp3) is 0.273. The lowest BCUT2D eigenvalue weighted by Gasteiger charge is -2.38. The SMILES string of the molecule is CC(C)CN(CC(=O)N1CCc2sccc2C1c1ccccc1)C(=O)C(c1ccccc1)c1ccccc1. The second kappa shape index (κ2) is 11.8. The molecule has 2 amide bonds. The number of amides is 2. The van der Waals surface area contributed by atoms with Gasteiger partial charge < -0.3 is 9.80 Å². The van der Waals surface area contributed by atoms with Crippen LogP contribution in [0.2, 0.25) is 0 Å². The number of carbonyl (C=O) groups excluding carboxylic acids is 2. The van der Waals surface area contributed by atoms with Crippen LogP contribution in [0.25, 0.3) is 0 Å². The van der Waals surface area contributed by atoms with Crippen LogP contribution in [0.5, 0.6) is 0 Å². The molecule has 38 heavy (non-hydrogen) atoms. The fourth-order valence-corrected chi connectivity index (χ4v) is 6.36. The molecule has 2 heterocycles. The maximum absolute atomic E-state index is 14.3. The van der Waals surface area contributed by atoms with E-state index in [1.807, 2.05) is 83.8 Å². The van der Waals surface area contributed by atoms with Crippen LogP contribution in [-0.4, -0.2) is 41.2 Å². The minimum absolute atomic E-state index is 0.00965. The number of hydrogen-bond acceptors (Lipinski definition) is 3. The van der Waals surface area contributed by atoms with Crippen LogP contribution in [-0.2, 0) is 16.0 Å². The monoisotopic (exact) mass is 522 g/mol. The zero-order valence-corrected chi connectivity index (χ0v) is 22.8. The summed E-state index contributed by atoms with van der Waals surface area (Å²) in [6.07, 6.45) is 0.844. The number of carbonyl (C=O) groups is 2. The average molecular weight is 523 g/mol. The van der Waals surface area contributed by atoms with Crippen molar-refractivity contribution in [3.05, 3.63) is 130 Å². The molecule has 1 aliphatic heterocycles. The van der Waals surface area contributed by atoms with E-state index >= 15 is 0 Å². The van der Waals surface area contributed by atoms with E-state index in [-0.39, 0.29) is 30.3 Å².